The number of hydrogen-bond donors (Lipinski definition) is 2. The van der Waals surface area contributed by atoms with Gasteiger partial charge in [0.25, 0.3) is 0 Å². The van der Waals surface area contributed by atoms with Crippen molar-refractivity contribution in [2.75, 3.05) is 25.4 Å². The van der Waals surface area contributed by atoms with Crippen molar-refractivity contribution in [1.29, 1.82) is 0 Å². The first-order valence-corrected chi connectivity index (χ1v) is 11.1. The second-order valence-corrected chi connectivity index (χ2v) is 9.10. The monoisotopic (exact) mass is 396 g/mol. The molecule has 7 heteroatoms. The molecule has 2 aromatic carbocycles. The topological polar surface area (TPSA) is 58.2 Å². The van der Waals surface area contributed by atoms with Crippen LogP contribution >= 0.6 is 23.4 Å². The third kappa shape index (κ3) is 4.77. The lowest BCUT2D eigenvalue weighted by atomic mass is 10.0. The summed E-state index contributed by atoms with van der Waals surface area (Å²) in [7, 11) is -3.45. The van der Waals surface area contributed by atoms with Gasteiger partial charge in [-0.2, -0.15) is 0 Å². The van der Waals surface area contributed by atoms with E-state index < -0.39 is 10.0 Å². The van der Waals surface area contributed by atoms with E-state index in [1.54, 1.807) is 42.1 Å². The van der Waals surface area contributed by atoms with Crippen LogP contribution in [0, 0.1) is 0 Å². The smallest absolute Gasteiger partial charge is 0.240 e. The van der Waals surface area contributed by atoms with Crippen molar-refractivity contribution >= 4 is 33.4 Å². The summed E-state index contributed by atoms with van der Waals surface area (Å²) in [5.74, 6) is 0.635. The average molecular weight is 397 g/mol. The number of thioether (sulfide) groups is 1. The molecule has 0 spiro atoms. The number of nitrogens with one attached hydrogen (secondary N) is 2. The minimum absolute atomic E-state index is 0.290. The molecule has 2 N–H and O–H groups in total. The van der Waals surface area contributed by atoms with E-state index in [9.17, 15) is 8.42 Å². The van der Waals surface area contributed by atoms with Gasteiger partial charge >= 0.3 is 0 Å². The molecule has 4 nitrogen and oxygen atoms in total. The molecular formula is C18H21ClN2O2S2. The third-order valence-corrected chi connectivity index (χ3v) is 7.19. The SMILES string of the molecule is O=S(=O)(NCCSc1c(Cl)ccc2c1CCNCC2)c1ccccc1. The molecule has 0 bridgehead atoms. The summed E-state index contributed by atoms with van der Waals surface area (Å²) in [4.78, 5) is 1.37. The van der Waals surface area contributed by atoms with Gasteiger partial charge in [-0.05, 0) is 55.3 Å². The second kappa shape index (κ2) is 8.56. The summed E-state index contributed by atoms with van der Waals surface area (Å²) >= 11 is 8.02. The Bertz CT molecular complexity index is 826. The summed E-state index contributed by atoms with van der Waals surface area (Å²) in [5.41, 5.74) is 2.63. The molecule has 0 radical (unpaired) electrons. The van der Waals surface area contributed by atoms with Gasteiger partial charge in [-0.25, -0.2) is 13.1 Å². The van der Waals surface area contributed by atoms with Gasteiger partial charge in [-0.1, -0.05) is 35.9 Å². The average Bonchev–Trinajstić information content (AvgIpc) is 2.86. The maximum atomic E-state index is 12.2. The Morgan fingerprint density at radius 1 is 1.08 bits per heavy atom. The van der Waals surface area contributed by atoms with Crippen LogP contribution in [0.5, 0.6) is 0 Å². The van der Waals surface area contributed by atoms with Gasteiger partial charge in [0.05, 0.1) is 9.92 Å². The first-order chi connectivity index (χ1) is 12.1. The Hall–Kier alpha value is -1.05. The molecule has 0 saturated heterocycles. The molecule has 1 aliphatic heterocycles. The van der Waals surface area contributed by atoms with Gasteiger partial charge in [0.1, 0.15) is 0 Å². The third-order valence-electron chi connectivity index (χ3n) is 4.13. The van der Waals surface area contributed by atoms with E-state index >= 15 is 0 Å². The summed E-state index contributed by atoms with van der Waals surface area (Å²) in [6.45, 7) is 2.29. The van der Waals surface area contributed by atoms with E-state index in [1.165, 1.54) is 11.1 Å². The number of sulfonamides is 1. The maximum Gasteiger partial charge on any atom is 0.240 e. The van der Waals surface area contributed by atoms with E-state index in [4.69, 9.17) is 11.6 Å². The van der Waals surface area contributed by atoms with E-state index in [0.29, 0.717) is 12.3 Å². The molecule has 0 unspecified atom stereocenters. The van der Waals surface area contributed by atoms with Crippen LogP contribution in [0.25, 0.3) is 0 Å². The molecule has 3 rings (SSSR count). The van der Waals surface area contributed by atoms with Crippen molar-refractivity contribution in [2.45, 2.75) is 22.6 Å². The van der Waals surface area contributed by atoms with Crippen LogP contribution in [0.3, 0.4) is 0 Å². The minimum Gasteiger partial charge on any atom is -0.316 e. The lowest BCUT2D eigenvalue weighted by Crippen LogP contribution is -2.26. The molecular weight excluding hydrogens is 376 g/mol. The van der Waals surface area contributed by atoms with Crippen LogP contribution < -0.4 is 10.0 Å². The van der Waals surface area contributed by atoms with E-state index in [-0.39, 0.29) is 4.90 Å². The number of benzene rings is 2. The van der Waals surface area contributed by atoms with Crippen molar-refractivity contribution in [1.82, 2.24) is 10.0 Å². The fourth-order valence-electron chi connectivity index (χ4n) is 2.88. The standard InChI is InChI=1S/C18H21ClN2O2S2/c19-17-7-6-14-8-10-20-11-9-16(14)18(17)24-13-12-21-25(22,23)15-4-2-1-3-5-15/h1-7,20-21H,8-13H2. The Kier molecular flexibility index (Phi) is 6.41. The predicted octanol–water partition coefficient (Wildman–Crippen LogP) is 3.10. The maximum absolute atomic E-state index is 12.2. The number of halogens is 1. The highest BCUT2D eigenvalue weighted by Gasteiger charge is 2.16. The summed E-state index contributed by atoms with van der Waals surface area (Å²) in [6.07, 6.45) is 1.95. The number of fused-ring (bicyclic) bond motifs is 1. The van der Waals surface area contributed by atoms with Crippen molar-refractivity contribution in [3.63, 3.8) is 0 Å². The molecule has 0 fully saturated rings. The summed E-state index contributed by atoms with van der Waals surface area (Å²) in [6, 6.07) is 12.5. The van der Waals surface area contributed by atoms with Crippen molar-refractivity contribution in [2.24, 2.45) is 0 Å². The van der Waals surface area contributed by atoms with Crippen LogP contribution in [0.1, 0.15) is 11.1 Å². The molecule has 0 saturated carbocycles. The lowest BCUT2D eigenvalue weighted by molar-refractivity contribution is 0.584. The van der Waals surface area contributed by atoms with Crippen LogP contribution in [-0.2, 0) is 22.9 Å². The number of rotatable bonds is 6. The van der Waals surface area contributed by atoms with Crippen molar-refractivity contribution in [3.8, 4) is 0 Å². The largest absolute Gasteiger partial charge is 0.316 e. The number of hydrogen-bond acceptors (Lipinski definition) is 4. The zero-order valence-corrected chi connectivity index (χ0v) is 16.2. The highest BCUT2D eigenvalue weighted by Crippen LogP contribution is 2.34. The van der Waals surface area contributed by atoms with Gasteiger partial charge in [0.2, 0.25) is 10.0 Å². The minimum atomic E-state index is -3.45. The first kappa shape index (κ1) is 18.7. The molecule has 25 heavy (non-hydrogen) atoms. The van der Waals surface area contributed by atoms with Crippen LogP contribution in [0.2, 0.25) is 5.02 Å². The van der Waals surface area contributed by atoms with E-state index in [1.807, 2.05) is 6.07 Å². The first-order valence-electron chi connectivity index (χ1n) is 8.26. The Balaban J connectivity index is 1.63. The molecule has 1 heterocycles. The molecule has 0 aliphatic carbocycles. The molecule has 0 atom stereocenters. The fraction of sp³-hybridized carbons (Fsp3) is 0.333. The Morgan fingerprint density at radius 2 is 1.84 bits per heavy atom. The molecule has 134 valence electrons. The van der Waals surface area contributed by atoms with E-state index in [2.05, 4.69) is 16.1 Å². The van der Waals surface area contributed by atoms with Crippen molar-refractivity contribution < 1.29 is 8.42 Å². The summed E-state index contributed by atoms with van der Waals surface area (Å²) in [5, 5.41) is 4.15. The zero-order valence-electron chi connectivity index (χ0n) is 13.8. The molecule has 1 aliphatic rings. The highest BCUT2D eigenvalue weighted by molar-refractivity contribution is 7.99. The zero-order chi connectivity index (χ0) is 17.7. The van der Waals surface area contributed by atoms with Crippen molar-refractivity contribution in [3.05, 3.63) is 58.6 Å². The van der Waals surface area contributed by atoms with E-state index in [0.717, 1.165) is 35.8 Å². The summed E-state index contributed by atoms with van der Waals surface area (Å²) < 4.78 is 27.1. The molecule has 0 aromatic heterocycles. The van der Waals surface area contributed by atoms with Crippen LogP contribution in [0.4, 0.5) is 0 Å². The van der Waals surface area contributed by atoms with Gasteiger partial charge < -0.3 is 5.32 Å². The quantitative estimate of drug-likeness (QED) is 0.582. The fourth-order valence-corrected chi connectivity index (χ4v) is 5.42. The highest BCUT2D eigenvalue weighted by atomic mass is 35.5. The second-order valence-electron chi connectivity index (χ2n) is 5.82. The van der Waals surface area contributed by atoms with Gasteiger partial charge in [-0.15, -0.1) is 11.8 Å². The predicted molar refractivity (Wildman–Crippen MR) is 104 cm³/mol. The van der Waals surface area contributed by atoms with Gasteiger partial charge in [0.15, 0.2) is 0 Å². The normalized spacial score (nSPS) is 14.8. The molecule has 2 aromatic rings. The van der Waals surface area contributed by atoms with Gasteiger partial charge in [0, 0.05) is 17.2 Å². The van der Waals surface area contributed by atoms with Crippen LogP contribution in [-0.4, -0.2) is 33.8 Å². The Morgan fingerprint density at radius 3 is 2.64 bits per heavy atom. The van der Waals surface area contributed by atoms with Crippen LogP contribution in [0.15, 0.2) is 52.3 Å². The van der Waals surface area contributed by atoms with Gasteiger partial charge in [-0.3, -0.25) is 0 Å². The lowest BCUT2D eigenvalue weighted by Gasteiger charge is -2.14. The Labute approximate surface area is 158 Å². The molecule has 0 amide bonds.